The van der Waals surface area contributed by atoms with Crippen LogP contribution in [0.1, 0.15) is 22.7 Å². The first kappa shape index (κ1) is 15.5. The molecule has 0 spiro atoms. The number of aryl methyl sites for hydroxylation is 1. The minimum absolute atomic E-state index is 0.106. The van der Waals surface area contributed by atoms with Crippen molar-refractivity contribution in [1.29, 1.82) is 0 Å². The van der Waals surface area contributed by atoms with Crippen LogP contribution in [-0.4, -0.2) is 20.3 Å². The third-order valence-electron chi connectivity index (χ3n) is 3.09. The fourth-order valence-corrected chi connectivity index (χ4v) is 3.33. The van der Waals surface area contributed by atoms with E-state index in [-0.39, 0.29) is 6.04 Å². The van der Waals surface area contributed by atoms with Gasteiger partial charge in [0, 0.05) is 7.11 Å². The van der Waals surface area contributed by atoms with Crippen molar-refractivity contribution >= 4 is 27.3 Å². The van der Waals surface area contributed by atoms with Gasteiger partial charge >= 0.3 is 0 Å². The van der Waals surface area contributed by atoms with Gasteiger partial charge in [0.1, 0.15) is 12.4 Å². The molecule has 5 heteroatoms. The molecular formula is C15H18BrNO2S. The molecule has 0 aliphatic carbocycles. The molecule has 108 valence electrons. The van der Waals surface area contributed by atoms with Gasteiger partial charge < -0.3 is 15.2 Å². The Morgan fingerprint density at radius 3 is 2.70 bits per heavy atom. The maximum absolute atomic E-state index is 6.33. The Bertz CT molecular complexity index is 571. The van der Waals surface area contributed by atoms with Crippen molar-refractivity contribution in [2.24, 2.45) is 5.73 Å². The third-order valence-corrected chi connectivity index (χ3v) is 4.59. The minimum atomic E-state index is -0.106. The lowest BCUT2D eigenvalue weighted by Gasteiger charge is -2.14. The SMILES string of the molecule is COCCOc1ccc(C(N)c2cscc2C)cc1Br. The quantitative estimate of drug-likeness (QED) is 0.799. The summed E-state index contributed by atoms with van der Waals surface area (Å²) < 4.78 is 11.5. The number of thiophene rings is 1. The average Bonchev–Trinajstić information content (AvgIpc) is 2.86. The largest absolute Gasteiger partial charge is 0.490 e. The van der Waals surface area contributed by atoms with Crippen LogP contribution in [0, 0.1) is 6.92 Å². The van der Waals surface area contributed by atoms with E-state index in [4.69, 9.17) is 15.2 Å². The fourth-order valence-electron chi connectivity index (χ4n) is 1.93. The van der Waals surface area contributed by atoms with Crippen LogP contribution in [0.4, 0.5) is 0 Å². The summed E-state index contributed by atoms with van der Waals surface area (Å²) in [5.41, 5.74) is 9.81. The van der Waals surface area contributed by atoms with Crippen molar-refractivity contribution in [2.75, 3.05) is 20.3 Å². The van der Waals surface area contributed by atoms with E-state index >= 15 is 0 Å². The van der Waals surface area contributed by atoms with Gasteiger partial charge in [-0.1, -0.05) is 6.07 Å². The van der Waals surface area contributed by atoms with Gasteiger partial charge in [-0.05, 0) is 62.4 Å². The fraction of sp³-hybridized carbons (Fsp3) is 0.333. The Hall–Kier alpha value is -0.880. The highest BCUT2D eigenvalue weighted by Crippen LogP contribution is 2.31. The lowest BCUT2D eigenvalue weighted by atomic mass is 9.99. The molecule has 0 aliphatic heterocycles. The zero-order chi connectivity index (χ0) is 14.5. The van der Waals surface area contributed by atoms with Crippen molar-refractivity contribution in [3.63, 3.8) is 0 Å². The second kappa shape index (κ2) is 7.22. The highest BCUT2D eigenvalue weighted by atomic mass is 79.9. The second-order valence-corrected chi connectivity index (χ2v) is 6.12. The molecule has 1 atom stereocenters. The van der Waals surface area contributed by atoms with E-state index in [1.807, 2.05) is 18.2 Å². The first-order valence-electron chi connectivity index (χ1n) is 6.33. The Morgan fingerprint density at radius 1 is 1.30 bits per heavy atom. The van der Waals surface area contributed by atoms with E-state index in [0.29, 0.717) is 13.2 Å². The molecule has 2 rings (SSSR count). The van der Waals surface area contributed by atoms with Crippen molar-refractivity contribution in [2.45, 2.75) is 13.0 Å². The van der Waals surface area contributed by atoms with E-state index in [1.54, 1.807) is 18.4 Å². The highest BCUT2D eigenvalue weighted by molar-refractivity contribution is 9.10. The van der Waals surface area contributed by atoms with E-state index in [9.17, 15) is 0 Å². The van der Waals surface area contributed by atoms with Gasteiger partial charge in [-0.15, -0.1) is 0 Å². The van der Waals surface area contributed by atoms with Crippen LogP contribution in [0.2, 0.25) is 0 Å². The monoisotopic (exact) mass is 355 g/mol. The Morgan fingerprint density at radius 2 is 2.10 bits per heavy atom. The summed E-state index contributed by atoms with van der Waals surface area (Å²) in [6.07, 6.45) is 0. The molecular weight excluding hydrogens is 338 g/mol. The zero-order valence-corrected chi connectivity index (χ0v) is 14.0. The maximum atomic E-state index is 6.33. The molecule has 2 aromatic rings. The Labute approximate surface area is 131 Å². The number of hydrogen-bond donors (Lipinski definition) is 1. The molecule has 2 N–H and O–H groups in total. The molecule has 0 saturated heterocycles. The lowest BCUT2D eigenvalue weighted by Crippen LogP contribution is -2.12. The topological polar surface area (TPSA) is 44.5 Å². The number of hydrogen-bond acceptors (Lipinski definition) is 4. The number of ether oxygens (including phenoxy) is 2. The van der Waals surface area contributed by atoms with Crippen LogP contribution in [0.15, 0.2) is 33.4 Å². The number of rotatable bonds is 6. The van der Waals surface area contributed by atoms with Gasteiger partial charge in [-0.3, -0.25) is 0 Å². The van der Waals surface area contributed by atoms with Crippen LogP contribution in [0.5, 0.6) is 5.75 Å². The normalized spacial score (nSPS) is 12.4. The average molecular weight is 356 g/mol. The lowest BCUT2D eigenvalue weighted by molar-refractivity contribution is 0.146. The van der Waals surface area contributed by atoms with E-state index in [1.165, 1.54) is 11.1 Å². The summed E-state index contributed by atoms with van der Waals surface area (Å²) in [5, 5.41) is 4.23. The van der Waals surface area contributed by atoms with E-state index in [2.05, 4.69) is 33.6 Å². The van der Waals surface area contributed by atoms with E-state index < -0.39 is 0 Å². The van der Waals surface area contributed by atoms with Crippen molar-refractivity contribution in [3.8, 4) is 5.75 Å². The van der Waals surface area contributed by atoms with Crippen LogP contribution >= 0.6 is 27.3 Å². The summed E-state index contributed by atoms with van der Waals surface area (Å²) in [4.78, 5) is 0. The van der Waals surface area contributed by atoms with E-state index in [0.717, 1.165) is 15.8 Å². The second-order valence-electron chi connectivity index (χ2n) is 4.52. The van der Waals surface area contributed by atoms with Gasteiger partial charge in [-0.2, -0.15) is 11.3 Å². The smallest absolute Gasteiger partial charge is 0.133 e. The molecule has 3 nitrogen and oxygen atoms in total. The summed E-state index contributed by atoms with van der Waals surface area (Å²) in [7, 11) is 1.66. The first-order chi connectivity index (χ1) is 9.63. The molecule has 0 bridgehead atoms. The molecule has 1 aromatic heterocycles. The molecule has 0 saturated carbocycles. The standard InChI is InChI=1S/C15H18BrNO2S/c1-10-8-20-9-12(10)15(17)11-3-4-14(13(16)7-11)19-6-5-18-2/h3-4,7-9,15H,5-6,17H2,1-2H3. The molecule has 1 heterocycles. The number of benzene rings is 1. The molecule has 0 fully saturated rings. The number of nitrogens with two attached hydrogens (primary N) is 1. The van der Waals surface area contributed by atoms with Crippen molar-refractivity contribution in [3.05, 3.63) is 50.1 Å². The molecule has 0 aliphatic rings. The molecule has 1 unspecified atom stereocenters. The van der Waals surface area contributed by atoms with Gasteiger partial charge in [0.05, 0.1) is 17.1 Å². The predicted molar refractivity (Wildman–Crippen MR) is 86.6 cm³/mol. The first-order valence-corrected chi connectivity index (χ1v) is 8.06. The van der Waals surface area contributed by atoms with Crippen molar-refractivity contribution < 1.29 is 9.47 Å². The Balaban J connectivity index is 2.14. The third kappa shape index (κ3) is 3.61. The summed E-state index contributed by atoms with van der Waals surface area (Å²) in [5.74, 6) is 0.806. The van der Waals surface area contributed by atoms with Crippen LogP contribution in [-0.2, 0) is 4.74 Å². The predicted octanol–water partition coefficient (Wildman–Crippen LogP) is 3.89. The van der Waals surface area contributed by atoms with Crippen LogP contribution in [0.25, 0.3) is 0 Å². The number of halogens is 1. The van der Waals surface area contributed by atoms with Gasteiger partial charge in [0.15, 0.2) is 0 Å². The maximum Gasteiger partial charge on any atom is 0.133 e. The number of methoxy groups -OCH3 is 1. The highest BCUT2D eigenvalue weighted by Gasteiger charge is 2.14. The minimum Gasteiger partial charge on any atom is -0.490 e. The summed E-state index contributed by atoms with van der Waals surface area (Å²) in [6, 6.07) is 5.86. The molecule has 1 aromatic carbocycles. The van der Waals surface area contributed by atoms with Gasteiger partial charge in [0.2, 0.25) is 0 Å². The summed E-state index contributed by atoms with van der Waals surface area (Å²) in [6.45, 7) is 3.19. The molecule has 20 heavy (non-hydrogen) atoms. The zero-order valence-electron chi connectivity index (χ0n) is 11.6. The van der Waals surface area contributed by atoms with Gasteiger partial charge in [0.25, 0.3) is 0 Å². The van der Waals surface area contributed by atoms with Crippen LogP contribution in [0.3, 0.4) is 0 Å². The van der Waals surface area contributed by atoms with Gasteiger partial charge in [-0.25, -0.2) is 0 Å². The molecule has 0 radical (unpaired) electrons. The van der Waals surface area contributed by atoms with Crippen molar-refractivity contribution in [1.82, 2.24) is 0 Å². The Kier molecular flexibility index (Phi) is 5.60. The van der Waals surface area contributed by atoms with Crippen LogP contribution < -0.4 is 10.5 Å². The summed E-state index contributed by atoms with van der Waals surface area (Å²) >= 11 is 5.21. The molecule has 0 amide bonds.